The average molecular weight is 246 g/mol. The van der Waals surface area contributed by atoms with E-state index in [1.807, 2.05) is 6.08 Å². The highest BCUT2D eigenvalue weighted by atomic mass is 28.3. The molecule has 17 heavy (non-hydrogen) atoms. The number of para-hydroxylation sites is 2. The molecule has 2 rings (SSSR count). The number of fused-ring (bicyclic) bond motifs is 1. The van der Waals surface area contributed by atoms with E-state index in [-0.39, 0.29) is 0 Å². The lowest BCUT2D eigenvalue weighted by Gasteiger charge is -2.27. The highest BCUT2D eigenvalue weighted by Crippen LogP contribution is 2.35. The van der Waals surface area contributed by atoms with Crippen LogP contribution in [0.4, 0.5) is 11.4 Å². The Labute approximate surface area is 106 Å². The van der Waals surface area contributed by atoms with Crippen molar-refractivity contribution in [1.29, 1.82) is 0 Å². The summed E-state index contributed by atoms with van der Waals surface area (Å²) in [6.07, 6.45) is 3.20. The summed E-state index contributed by atoms with van der Waals surface area (Å²) >= 11 is 0. The molecule has 1 aliphatic rings. The molecule has 92 valence electrons. The number of rotatable bonds is 4. The lowest BCUT2D eigenvalue weighted by Crippen LogP contribution is -2.42. The van der Waals surface area contributed by atoms with E-state index in [1.165, 1.54) is 17.5 Å². The molecule has 0 radical (unpaired) electrons. The van der Waals surface area contributed by atoms with Crippen molar-refractivity contribution < 1.29 is 0 Å². The first-order chi connectivity index (χ1) is 8.01. The van der Waals surface area contributed by atoms with E-state index in [0.717, 1.165) is 13.2 Å². The summed E-state index contributed by atoms with van der Waals surface area (Å²) in [6.45, 7) is 13.1. The van der Waals surface area contributed by atoms with Crippen LogP contribution in [0.5, 0.6) is 0 Å². The van der Waals surface area contributed by atoms with Crippen molar-refractivity contribution in [3.63, 3.8) is 0 Å². The maximum atomic E-state index is 3.85. The molecule has 0 unspecified atom stereocenters. The number of nitrogens with zero attached hydrogens (tertiary/aromatic N) is 2. The first-order valence-corrected chi connectivity index (χ1v) is 9.92. The van der Waals surface area contributed by atoms with Crippen LogP contribution in [0.2, 0.25) is 19.6 Å². The summed E-state index contributed by atoms with van der Waals surface area (Å²) in [4.78, 5) is 4.91. The van der Waals surface area contributed by atoms with Crippen LogP contribution in [-0.4, -0.2) is 27.5 Å². The van der Waals surface area contributed by atoms with Gasteiger partial charge in [-0.25, -0.2) is 0 Å². The van der Waals surface area contributed by atoms with Gasteiger partial charge in [-0.2, -0.15) is 0 Å². The first kappa shape index (κ1) is 12.2. The molecule has 0 spiro atoms. The quantitative estimate of drug-likeness (QED) is 0.594. The molecule has 1 heterocycles. The molecule has 0 aromatic heterocycles. The predicted octanol–water partition coefficient (Wildman–Crippen LogP) is 3.33. The van der Waals surface area contributed by atoms with Crippen molar-refractivity contribution >= 4 is 19.4 Å². The van der Waals surface area contributed by atoms with Crippen molar-refractivity contribution in [1.82, 2.24) is 0 Å². The molecule has 1 aromatic carbocycles. The Kier molecular flexibility index (Phi) is 3.29. The molecule has 0 atom stereocenters. The van der Waals surface area contributed by atoms with Crippen LogP contribution < -0.4 is 9.80 Å². The number of hydrogen-bond donors (Lipinski definition) is 0. The topological polar surface area (TPSA) is 6.48 Å². The smallest absolute Gasteiger partial charge is 0.0904 e. The third-order valence-electron chi connectivity index (χ3n) is 2.92. The fraction of sp³-hybridized carbons (Fsp3) is 0.429. The molecule has 0 N–H and O–H groups in total. The van der Waals surface area contributed by atoms with Crippen molar-refractivity contribution in [2.45, 2.75) is 19.6 Å². The Morgan fingerprint density at radius 2 is 1.76 bits per heavy atom. The van der Waals surface area contributed by atoms with Crippen LogP contribution in [-0.2, 0) is 0 Å². The van der Waals surface area contributed by atoms with Crippen LogP contribution in [0.25, 0.3) is 0 Å². The van der Waals surface area contributed by atoms with Crippen LogP contribution in [0.1, 0.15) is 0 Å². The zero-order valence-corrected chi connectivity index (χ0v) is 12.1. The second-order valence-electron chi connectivity index (χ2n) is 5.90. The Balaban J connectivity index is 2.25. The van der Waals surface area contributed by atoms with Gasteiger partial charge >= 0.3 is 0 Å². The van der Waals surface area contributed by atoms with Gasteiger partial charge < -0.3 is 9.80 Å². The summed E-state index contributed by atoms with van der Waals surface area (Å²) in [6, 6.07) is 8.70. The minimum absolute atomic E-state index is 0.930. The van der Waals surface area contributed by atoms with Crippen molar-refractivity contribution in [2.75, 3.05) is 29.2 Å². The predicted molar refractivity (Wildman–Crippen MR) is 79.5 cm³/mol. The van der Waals surface area contributed by atoms with E-state index in [1.54, 1.807) is 0 Å². The van der Waals surface area contributed by atoms with Gasteiger partial charge in [0.05, 0.1) is 26.1 Å². The molecule has 1 aromatic rings. The van der Waals surface area contributed by atoms with Gasteiger partial charge in [-0.3, -0.25) is 0 Å². The SMILES string of the molecule is C=CCN1CN(C[Si](C)(C)C)c2ccccc21. The Morgan fingerprint density at radius 1 is 1.18 bits per heavy atom. The van der Waals surface area contributed by atoms with Crippen molar-refractivity contribution in [3.8, 4) is 0 Å². The molecule has 0 saturated heterocycles. The second-order valence-corrected chi connectivity index (χ2v) is 11.3. The molecular weight excluding hydrogens is 224 g/mol. The Morgan fingerprint density at radius 3 is 2.29 bits per heavy atom. The summed E-state index contributed by atoms with van der Waals surface area (Å²) in [5, 5.41) is 0. The molecular formula is C14H22N2Si. The fourth-order valence-electron chi connectivity index (χ4n) is 2.38. The van der Waals surface area contributed by atoms with Crippen LogP contribution >= 0.6 is 0 Å². The monoisotopic (exact) mass is 246 g/mol. The summed E-state index contributed by atoms with van der Waals surface area (Å²) in [5.74, 6) is 0. The van der Waals surface area contributed by atoms with Crippen LogP contribution in [0.15, 0.2) is 36.9 Å². The maximum Gasteiger partial charge on any atom is 0.0904 e. The molecule has 3 heteroatoms. The third-order valence-corrected chi connectivity index (χ3v) is 4.25. The van der Waals surface area contributed by atoms with E-state index in [0.29, 0.717) is 0 Å². The molecule has 0 amide bonds. The fourth-order valence-corrected chi connectivity index (χ4v) is 3.79. The molecule has 1 aliphatic heterocycles. The van der Waals surface area contributed by atoms with Gasteiger partial charge in [0, 0.05) is 12.7 Å². The summed E-state index contributed by atoms with van der Waals surface area (Å²) in [7, 11) is -1.07. The van der Waals surface area contributed by atoms with Gasteiger partial charge in [-0.15, -0.1) is 6.58 Å². The van der Waals surface area contributed by atoms with Gasteiger partial charge in [-0.1, -0.05) is 37.8 Å². The molecule has 2 nitrogen and oxygen atoms in total. The molecule has 0 fully saturated rings. The van der Waals surface area contributed by atoms with Gasteiger partial charge in [-0.05, 0) is 12.1 Å². The highest BCUT2D eigenvalue weighted by Gasteiger charge is 2.28. The highest BCUT2D eigenvalue weighted by molar-refractivity contribution is 6.76. The van der Waals surface area contributed by atoms with Gasteiger partial charge in [0.15, 0.2) is 0 Å². The minimum atomic E-state index is -1.07. The zero-order valence-electron chi connectivity index (χ0n) is 11.1. The van der Waals surface area contributed by atoms with Gasteiger partial charge in [0.1, 0.15) is 0 Å². The van der Waals surface area contributed by atoms with Crippen LogP contribution in [0.3, 0.4) is 0 Å². The van der Waals surface area contributed by atoms with Gasteiger partial charge in [0.2, 0.25) is 0 Å². The Hall–Kier alpha value is -1.22. The van der Waals surface area contributed by atoms with E-state index >= 15 is 0 Å². The summed E-state index contributed by atoms with van der Waals surface area (Å²) < 4.78 is 0. The molecule has 0 aliphatic carbocycles. The largest absolute Gasteiger partial charge is 0.355 e. The maximum absolute atomic E-state index is 3.85. The number of hydrogen-bond acceptors (Lipinski definition) is 2. The third kappa shape index (κ3) is 2.72. The minimum Gasteiger partial charge on any atom is -0.355 e. The lowest BCUT2D eigenvalue weighted by atomic mass is 10.2. The second kappa shape index (κ2) is 4.57. The zero-order chi connectivity index (χ0) is 12.5. The van der Waals surface area contributed by atoms with Crippen LogP contribution in [0, 0.1) is 0 Å². The number of anilines is 2. The van der Waals surface area contributed by atoms with E-state index in [4.69, 9.17) is 0 Å². The standard InChI is InChI=1S/C14H22N2Si/c1-5-10-15-11-16(12-17(2,3)4)14-9-7-6-8-13(14)15/h5-9H,1,10-12H2,2-4H3. The summed E-state index contributed by atoms with van der Waals surface area (Å²) in [5.41, 5.74) is 2.74. The Bertz CT molecular complexity index is 409. The molecule has 0 bridgehead atoms. The first-order valence-electron chi connectivity index (χ1n) is 6.21. The van der Waals surface area contributed by atoms with Crippen molar-refractivity contribution in [2.24, 2.45) is 0 Å². The molecule has 0 saturated carbocycles. The lowest BCUT2D eigenvalue weighted by molar-refractivity contribution is 0.853. The van der Waals surface area contributed by atoms with E-state index in [2.05, 4.69) is 60.3 Å². The number of benzene rings is 1. The van der Waals surface area contributed by atoms with Gasteiger partial charge in [0.25, 0.3) is 0 Å². The van der Waals surface area contributed by atoms with E-state index < -0.39 is 8.07 Å². The normalized spacial score (nSPS) is 15.0. The van der Waals surface area contributed by atoms with E-state index in [9.17, 15) is 0 Å². The average Bonchev–Trinajstić information content (AvgIpc) is 2.56. The van der Waals surface area contributed by atoms with Crippen molar-refractivity contribution in [3.05, 3.63) is 36.9 Å².